The van der Waals surface area contributed by atoms with Gasteiger partial charge in [0.15, 0.2) is 5.13 Å². The molecule has 16 heavy (non-hydrogen) atoms. The highest BCUT2D eigenvalue weighted by Crippen LogP contribution is 2.23. The molecule has 1 rings (SSSR count). The van der Waals surface area contributed by atoms with Crippen LogP contribution in [0.3, 0.4) is 0 Å². The van der Waals surface area contributed by atoms with Crippen LogP contribution in [-0.2, 0) is 11.2 Å². The number of hydrogen-bond donors (Lipinski definition) is 2. The lowest BCUT2D eigenvalue weighted by atomic mass is 10.2. The molecule has 0 aromatic carbocycles. The summed E-state index contributed by atoms with van der Waals surface area (Å²) in [6.07, 6.45) is 0.537. The molecule has 5 nitrogen and oxygen atoms in total. The van der Waals surface area contributed by atoms with E-state index in [1.807, 2.05) is 6.92 Å². The highest BCUT2D eigenvalue weighted by atomic mass is 32.1. The zero-order chi connectivity index (χ0) is 12.3. The number of carboxylic acids is 1. The molecule has 0 aliphatic heterocycles. The fourth-order valence-electron chi connectivity index (χ4n) is 1.06. The van der Waals surface area contributed by atoms with E-state index in [1.54, 1.807) is 13.8 Å². The van der Waals surface area contributed by atoms with Crippen LogP contribution in [0.4, 0.5) is 5.13 Å². The number of carboxylic acid groups (broad SMARTS) is 1. The van der Waals surface area contributed by atoms with Crippen molar-refractivity contribution in [3.05, 3.63) is 10.6 Å². The fourth-order valence-corrected chi connectivity index (χ4v) is 1.96. The predicted molar refractivity (Wildman–Crippen MR) is 61.9 cm³/mol. The highest BCUT2D eigenvalue weighted by Gasteiger charge is 2.17. The maximum absolute atomic E-state index is 11.4. The molecule has 0 fully saturated rings. The van der Waals surface area contributed by atoms with E-state index in [2.05, 4.69) is 10.3 Å². The van der Waals surface area contributed by atoms with Gasteiger partial charge in [0.05, 0.1) is 5.69 Å². The number of aryl methyl sites for hydroxylation is 1. The minimum Gasteiger partial charge on any atom is -0.477 e. The topological polar surface area (TPSA) is 79.3 Å². The van der Waals surface area contributed by atoms with Crippen LogP contribution in [-0.4, -0.2) is 22.0 Å². The van der Waals surface area contributed by atoms with Crippen molar-refractivity contribution in [3.8, 4) is 0 Å². The van der Waals surface area contributed by atoms with Crippen molar-refractivity contribution < 1.29 is 14.7 Å². The number of carbonyl (C=O) groups excluding carboxylic acids is 1. The van der Waals surface area contributed by atoms with Crippen LogP contribution >= 0.6 is 11.3 Å². The van der Waals surface area contributed by atoms with Gasteiger partial charge in [-0.15, -0.1) is 0 Å². The van der Waals surface area contributed by atoms with Crippen LogP contribution < -0.4 is 5.32 Å². The second-order valence-corrected chi connectivity index (χ2v) is 4.60. The second-order valence-electron chi connectivity index (χ2n) is 3.60. The van der Waals surface area contributed by atoms with Gasteiger partial charge >= 0.3 is 5.97 Å². The molecule has 0 atom stereocenters. The minimum absolute atomic E-state index is 0.151. The first kappa shape index (κ1) is 12.6. The zero-order valence-corrected chi connectivity index (χ0v) is 10.2. The maximum atomic E-state index is 11.4. The number of carbonyl (C=O) groups is 2. The van der Waals surface area contributed by atoms with Crippen LogP contribution in [0.15, 0.2) is 0 Å². The molecule has 1 aromatic rings. The molecule has 0 spiro atoms. The molecule has 0 aliphatic rings. The van der Waals surface area contributed by atoms with Crippen LogP contribution in [0.2, 0.25) is 0 Å². The molecule has 0 bridgehead atoms. The SMILES string of the molecule is CCc1nc(NC(=O)C(C)C)sc1C(=O)O. The van der Waals surface area contributed by atoms with Gasteiger partial charge in [-0.3, -0.25) is 4.79 Å². The first-order valence-electron chi connectivity index (χ1n) is 4.99. The van der Waals surface area contributed by atoms with Crippen LogP contribution in [0.25, 0.3) is 0 Å². The van der Waals surface area contributed by atoms with Gasteiger partial charge in [-0.1, -0.05) is 32.1 Å². The number of nitrogens with one attached hydrogen (secondary N) is 1. The first-order valence-corrected chi connectivity index (χ1v) is 5.81. The monoisotopic (exact) mass is 242 g/mol. The molecule has 0 radical (unpaired) electrons. The number of amides is 1. The van der Waals surface area contributed by atoms with E-state index < -0.39 is 5.97 Å². The number of anilines is 1. The Morgan fingerprint density at radius 2 is 2.12 bits per heavy atom. The summed E-state index contributed by atoms with van der Waals surface area (Å²) in [5.41, 5.74) is 0.511. The Bertz CT molecular complexity index is 412. The average Bonchev–Trinajstić information content (AvgIpc) is 2.60. The molecule has 1 aromatic heterocycles. The van der Waals surface area contributed by atoms with Crippen molar-refractivity contribution in [3.63, 3.8) is 0 Å². The van der Waals surface area contributed by atoms with E-state index in [9.17, 15) is 9.59 Å². The number of rotatable bonds is 4. The molecule has 0 aliphatic carbocycles. The minimum atomic E-state index is -1.00. The second kappa shape index (κ2) is 5.07. The lowest BCUT2D eigenvalue weighted by Gasteiger charge is -2.02. The summed E-state index contributed by atoms with van der Waals surface area (Å²) in [6.45, 7) is 5.36. The molecule has 6 heteroatoms. The van der Waals surface area contributed by atoms with Gasteiger partial charge in [0, 0.05) is 5.92 Å². The van der Waals surface area contributed by atoms with E-state index in [0.717, 1.165) is 11.3 Å². The molecule has 88 valence electrons. The first-order chi connectivity index (χ1) is 7.45. The Kier molecular flexibility index (Phi) is 4.00. The summed E-state index contributed by atoms with van der Waals surface area (Å²) >= 11 is 0.995. The van der Waals surface area contributed by atoms with E-state index in [4.69, 9.17) is 5.11 Å². The van der Waals surface area contributed by atoms with Gasteiger partial charge in [0.25, 0.3) is 0 Å². The summed E-state index contributed by atoms with van der Waals surface area (Å²) in [5, 5.41) is 11.9. The van der Waals surface area contributed by atoms with Gasteiger partial charge in [0.1, 0.15) is 4.88 Å². The van der Waals surface area contributed by atoms with Crippen molar-refractivity contribution in [2.75, 3.05) is 5.32 Å². The van der Waals surface area contributed by atoms with E-state index in [-0.39, 0.29) is 16.7 Å². The number of aromatic carboxylic acids is 1. The molecule has 1 amide bonds. The third-order valence-electron chi connectivity index (χ3n) is 1.98. The van der Waals surface area contributed by atoms with Crippen LogP contribution in [0, 0.1) is 5.92 Å². The average molecular weight is 242 g/mol. The number of hydrogen-bond acceptors (Lipinski definition) is 4. The van der Waals surface area contributed by atoms with E-state index in [0.29, 0.717) is 17.2 Å². The summed E-state index contributed by atoms with van der Waals surface area (Å²) in [4.78, 5) is 26.5. The predicted octanol–water partition coefficient (Wildman–Crippen LogP) is 2.00. The highest BCUT2D eigenvalue weighted by molar-refractivity contribution is 7.17. The summed E-state index contributed by atoms with van der Waals surface area (Å²) in [7, 11) is 0. The number of thiazole rings is 1. The third kappa shape index (κ3) is 2.79. The lowest BCUT2D eigenvalue weighted by Crippen LogP contribution is -2.17. The molecule has 0 saturated heterocycles. The molecule has 0 saturated carbocycles. The largest absolute Gasteiger partial charge is 0.477 e. The molecule has 0 unspecified atom stereocenters. The van der Waals surface area contributed by atoms with Crippen molar-refractivity contribution in [1.82, 2.24) is 4.98 Å². The Hall–Kier alpha value is -1.43. The summed E-state index contributed by atoms with van der Waals surface area (Å²) in [5.74, 6) is -1.31. The smallest absolute Gasteiger partial charge is 0.347 e. The molecular formula is C10H14N2O3S. The quantitative estimate of drug-likeness (QED) is 0.846. The van der Waals surface area contributed by atoms with Gasteiger partial charge in [-0.25, -0.2) is 9.78 Å². The van der Waals surface area contributed by atoms with E-state index in [1.165, 1.54) is 0 Å². The normalized spacial score (nSPS) is 10.5. The Morgan fingerprint density at radius 1 is 1.50 bits per heavy atom. The van der Waals surface area contributed by atoms with Crippen molar-refractivity contribution in [1.29, 1.82) is 0 Å². The van der Waals surface area contributed by atoms with Crippen molar-refractivity contribution >= 4 is 28.3 Å². The van der Waals surface area contributed by atoms with Gasteiger partial charge < -0.3 is 10.4 Å². The maximum Gasteiger partial charge on any atom is 0.347 e. The van der Waals surface area contributed by atoms with Crippen LogP contribution in [0.5, 0.6) is 0 Å². The van der Waals surface area contributed by atoms with Gasteiger partial charge in [-0.05, 0) is 6.42 Å². The van der Waals surface area contributed by atoms with Gasteiger partial charge in [0.2, 0.25) is 5.91 Å². The fraction of sp³-hybridized carbons (Fsp3) is 0.500. The molecular weight excluding hydrogens is 228 g/mol. The van der Waals surface area contributed by atoms with Crippen molar-refractivity contribution in [2.24, 2.45) is 5.92 Å². The Morgan fingerprint density at radius 3 is 2.50 bits per heavy atom. The lowest BCUT2D eigenvalue weighted by molar-refractivity contribution is -0.118. The Labute approximate surface area is 97.5 Å². The molecule has 1 heterocycles. The van der Waals surface area contributed by atoms with E-state index >= 15 is 0 Å². The Balaban J connectivity index is 2.91. The van der Waals surface area contributed by atoms with Gasteiger partial charge in [-0.2, -0.15) is 0 Å². The molecule has 2 N–H and O–H groups in total. The third-order valence-corrected chi connectivity index (χ3v) is 2.98. The zero-order valence-electron chi connectivity index (χ0n) is 9.40. The van der Waals surface area contributed by atoms with Crippen molar-refractivity contribution in [2.45, 2.75) is 27.2 Å². The van der Waals surface area contributed by atoms with Crippen LogP contribution in [0.1, 0.15) is 36.1 Å². The summed E-state index contributed by atoms with van der Waals surface area (Å²) in [6, 6.07) is 0. The number of aromatic nitrogens is 1. The number of nitrogens with zero attached hydrogens (tertiary/aromatic N) is 1. The standard InChI is InChI=1S/C10H14N2O3S/c1-4-6-7(9(14)15)16-10(11-6)12-8(13)5(2)3/h5H,4H2,1-3H3,(H,14,15)(H,11,12,13). The summed E-state index contributed by atoms with van der Waals surface area (Å²) < 4.78 is 0.